The summed E-state index contributed by atoms with van der Waals surface area (Å²) in [6.07, 6.45) is 3.71. The van der Waals surface area contributed by atoms with Gasteiger partial charge in [-0.2, -0.15) is 10.2 Å². The van der Waals surface area contributed by atoms with Crippen LogP contribution >= 0.6 is 23.2 Å². The number of pyridine rings is 5. The van der Waals surface area contributed by atoms with Gasteiger partial charge in [0.2, 0.25) is 39.5 Å². The van der Waals surface area contributed by atoms with E-state index in [2.05, 4.69) is 92.9 Å². The third-order valence-electron chi connectivity index (χ3n) is 17.9. The summed E-state index contributed by atoms with van der Waals surface area (Å²) < 4.78 is 47.7. The number of furan rings is 4. The summed E-state index contributed by atoms with van der Waals surface area (Å²) in [5.41, 5.74) is 18.3. The number of hydrogen-bond donors (Lipinski definition) is 10. The molecule has 3 fully saturated rings. The van der Waals surface area contributed by atoms with E-state index in [9.17, 15) is 19.2 Å². The summed E-state index contributed by atoms with van der Waals surface area (Å²) in [5.74, 6) is 1.10. The van der Waals surface area contributed by atoms with Gasteiger partial charge in [-0.3, -0.25) is 9.78 Å². The molecule has 35 nitrogen and oxygen atoms in total. The molecule has 0 bridgehead atoms. The fourth-order valence-electron chi connectivity index (χ4n) is 12.3. The monoisotopic (exact) mass is 1680 g/mol. The van der Waals surface area contributed by atoms with Crippen LogP contribution in [0.3, 0.4) is 0 Å². The first-order chi connectivity index (χ1) is 56.6. The second-order valence-corrected chi connectivity index (χ2v) is 26.8. The van der Waals surface area contributed by atoms with Crippen LogP contribution in [0.25, 0.3) is 111 Å². The molecule has 16 aromatic rings. The Morgan fingerprint density at radius 1 is 0.558 bits per heavy atom. The van der Waals surface area contributed by atoms with Crippen LogP contribution < -0.4 is 43.7 Å². The molecule has 0 unspecified atom stereocenters. The van der Waals surface area contributed by atoms with Gasteiger partial charge in [-0.25, -0.2) is 54.3 Å². The number of halogens is 2. The number of morpholine rings is 3. The van der Waals surface area contributed by atoms with Crippen LogP contribution in [-0.2, 0) is 28.5 Å². The Hall–Kier alpha value is -12.8. The van der Waals surface area contributed by atoms with E-state index in [-0.39, 0.29) is 55.1 Å². The Kier molecular flexibility index (Phi) is 32.3. The molecule has 14 aromatic heterocycles. The topological polar surface area (TPSA) is 510 Å². The summed E-state index contributed by atoms with van der Waals surface area (Å²) in [6, 6.07) is 35.8. The molecule has 19 rings (SSSR count). The molecular formula is C82H92BCl2N19O16. The van der Waals surface area contributed by atoms with E-state index < -0.39 is 36.9 Å². The van der Waals surface area contributed by atoms with Gasteiger partial charge in [0, 0.05) is 102 Å². The molecule has 38 heteroatoms. The van der Waals surface area contributed by atoms with Crippen molar-refractivity contribution in [2.45, 2.75) is 63.3 Å². The highest BCUT2D eigenvalue weighted by Crippen LogP contribution is 2.38. The SMILES string of the molecule is C.C.C1COCCN1.CCOC(=O)CO.CCOC(=O)c1oc2nc(C)ccc2c1N.Cc1ccc(C#N)c(Cl)n1.Cc1ccc2c(n1)oc1c(=O)[nH]c(=O)[nH]c12.Cc1ccc2c(n1)oc1c(N3CCOCC3)nc(-c3cccc4[nH]ccc34)nc12.Cc1ccc2c(n1)oc1c(N3CCOCC3)nc(Cl)nc12.N.OB(O)c1cccc2[nH]ccc12. The van der Waals surface area contributed by atoms with E-state index in [1.807, 2.05) is 95.4 Å². The number of hydrogen-bond acceptors (Lipinski definition) is 31. The predicted molar refractivity (Wildman–Crippen MR) is 461 cm³/mol. The summed E-state index contributed by atoms with van der Waals surface area (Å²) in [6.45, 7) is 22.4. The number of nitrogens with zero attached hydrogens (tertiary/aromatic N) is 12. The maximum absolute atomic E-state index is 11.5. The van der Waals surface area contributed by atoms with E-state index in [4.69, 9.17) is 95.9 Å². The van der Waals surface area contributed by atoms with Crippen LogP contribution in [0.5, 0.6) is 0 Å². The summed E-state index contributed by atoms with van der Waals surface area (Å²) in [4.78, 5) is 98.9. The molecule has 628 valence electrons. The number of nitriles is 1. The number of fused-ring (bicyclic) bond motifs is 12. The van der Waals surface area contributed by atoms with E-state index in [0.29, 0.717) is 112 Å². The molecule has 3 aliphatic rings. The van der Waals surface area contributed by atoms with Crippen molar-refractivity contribution in [2.75, 3.05) is 114 Å². The average molecular weight is 1680 g/mol. The number of ether oxygens (including phenoxy) is 5. The number of nitrogens with two attached hydrogens (primary N) is 1. The van der Waals surface area contributed by atoms with Crippen molar-refractivity contribution in [3.8, 4) is 17.5 Å². The number of aryl methyl sites for hydroxylation is 5. The van der Waals surface area contributed by atoms with Crippen molar-refractivity contribution in [3.63, 3.8) is 0 Å². The lowest BCUT2D eigenvalue weighted by molar-refractivity contribution is -0.146. The number of benzene rings is 2. The molecule has 120 heavy (non-hydrogen) atoms. The largest absolute Gasteiger partial charge is 0.489 e. The molecule has 13 N–H and O–H groups in total. The van der Waals surface area contributed by atoms with Gasteiger partial charge in [-0.15, -0.1) is 0 Å². The van der Waals surface area contributed by atoms with Gasteiger partial charge in [-0.1, -0.05) is 50.7 Å². The Bertz CT molecular complexity index is 6350. The van der Waals surface area contributed by atoms with E-state index >= 15 is 0 Å². The number of nitrogen functional groups attached to an aromatic ring is 1. The summed E-state index contributed by atoms with van der Waals surface area (Å²) in [5, 5.41) is 43.0. The number of aromatic nitrogens is 13. The van der Waals surface area contributed by atoms with Crippen LogP contribution in [0.1, 0.15) is 73.3 Å². The van der Waals surface area contributed by atoms with Crippen LogP contribution in [-0.4, -0.2) is 198 Å². The lowest BCUT2D eigenvalue weighted by Gasteiger charge is -2.27. The smallest absolute Gasteiger partial charge is 0.464 e. The van der Waals surface area contributed by atoms with Crippen LogP contribution in [0.2, 0.25) is 10.4 Å². The highest BCUT2D eigenvalue weighted by atomic mass is 35.5. The quantitative estimate of drug-likeness (QED) is 0.0292. The van der Waals surface area contributed by atoms with Gasteiger partial charge < -0.3 is 98.5 Å². The molecule has 0 amide bonds. The highest BCUT2D eigenvalue weighted by molar-refractivity contribution is 6.61. The molecular weight excluding hydrogens is 1590 g/mol. The lowest BCUT2D eigenvalue weighted by Crippen LogP contribution is -2.37. The highest BCUT2D eigenvalue weighted by Gasteiger charge is 2.27. The first-order valence-electron chi connectivity index (χ1n) is 37.0. The zero-order valence-corrected chi connectivity index (χ0v) is 66.8. The maximum atomic E-state index is 11.5. The number of carbonyl (C=O) groups is 2. The number of aliphatic hydroxyl groups is 1. The van der Waals surface area contributed by atoms with Crippen molar-refractivity contribution in [3.05, 3.63) is 193 Å². The first-order valence-corrected chi connectivity index (χ1v) is 37.8. The molecule has 0 saturated carbocycles. The van der Waals surface area contributed by atoms with Crippen LogP contribution in [0.4, 0.5) is 17.3 Å². The maximum Gasteiger partial charge on any atom is 0.489 e. The number of aromatic amines is 4. The van der Waals surface area contributed by atoms with Crippen LogP contribution in [0, 0.1) is 45.9 Å². The third-order valence-corrected chi connectivity index (χ3v) is 18.3. The van der Waals surface area contributed by atoms with Gasteiger partial charge in [0.25, 0.3) is 5.56 Å². The molecule has 0 spiro atoms. The Balaban J connectivity index is 0.000000163. The molecule has 0 atom stereocenters. The molecule has 3 saturated heterocycles. The van der Waals surface area contributed by atoms with Crippen molar-refractivity contribution in [2.24, 2.45) is 0 Å². The van der Waals surface area contributed by atoms with Crippen LogP contribution in [0.15, 0.2) is 149 Å². The summed E-state index contributed by atoms with van der Waals surface area (Å²) >= 11 is 11.7. The molecule has 3 aliphatic heterocycles. The number of esters is 2. The van der Waals surface area contributed by atoms with Gasteiger partial charge >= 0.3 is 24.7 Å². The molecule has 0 radical (unpaired) electrons. The number of anilines is 3. The van der Waals surface area contributed by atoms with Gasteiger partial charge in [0.15, 0.2) is 28.6 Å². The fourth-order valence-corrected chi connectivity index (χ4v) is 12.7. The molecule has 2 aromatic carbocycles. The van der Waals surface area contributed by atoms with Crippen molar-refractivity contribution in [1.29, 1.82) is 5.26 Å². The zero-order chi connectivity index (χ0) is 82.8. The number of aliphatic hydroxyl groups excluding tert-OH is 1. The minimum atomic E-state index is -1.40. The third kappa shape index (κ3) is 21.9. The molecule has 17 heterocycles. The normalized spacial score (nSPS) is 12.8. The van der Waals surface area contributed by atoms with Gasteiger partial charge in [0.05, 0.1) is 85.7 Å². The van der Waals surface area contributed by atoms with E-state index in [1.54, 1.807) is 62.5 Å². The van der Waals surface area contributed by atoms with E-state index in [1.165, 1.54) is 0 Å². The average Bonchev–Trinajstić information content (AvgIpc) is 1.58. The minimum absolute atomic E-state index is 0. The second kappa shape index (κ2) is 42.6. The number of rotatable bonds is 8. The standard InChI is InChI=1S/C22H19N5O2.C14H13ClN4O2.C11H12N2O3.C10H7N3O3.C8H8BNO2.C7H5ClN2.C4H9NO.C4H8O3.2CH4.H3N/c1-13-5-6-16-18-19(29-22(16)24-13)21(27-9-11-28-12-10-27)26-20(25-18)15-3-2-4-17-14(15)7-8-23-17;1-8-2-3-9-10-11(21-13(9)16-8)12(18-14(15)17-10)19-4-6-20-7-5-19;1-3-15-11(14)9-8(12)7-5-4-6(2)13-10(7)16-9;1-4-2-3-5-6-7(16-9(5)11-4)8(14)13-10(15)12-6;11-9(12)7-2-1-3-8-6(7)4-5-10-8;1-5-2-3-6(4-9)7(8)10-5;1-3-6-4-2-5-1;1-2-7-4(6)3-5;;;/h2-8,23H,9-12H2,1H3;2-3H,4-7H2,1H3;4-5H,3,12H2,1-2H3;2-3H,1H3,(H2,12,13,14,15);1-5,10-12H;2-3H,1H3;5H,1-4H2;5H,2-3H2,1H3;2*1H4;1H3. The number of carbonyl (C=O) groups excluding carboxylic acids is 2. The fraction of sp³-hybridized carbons (Fsp3) is 0.293. The Morgan fingerprint density at radius 3 is 1.56 bits per heavy atom. The Morgan fingerprint density at radius 2 is 1.04 bits per heavy atom. The van der Waals surface area contributed by atoms with Crippen molar-refractivity contribution in [1.82, 2.24) is 76.3 Å². The number of H-pyrrole nitrogens is 4. The summed E-state index contributed by atoms with van der Waals surface area (Å²) in [7, 11) is -1.40. The Labute approximate surface area is 696 Å². The molecule has 0 aliphatic carbocycles. The van der Waals surface area contributed by atoms with E-state index in [0.717, 1.165) is 130 Å². The zero-order valence-electron chi connectivity index (χ0n) is 65.3. The minimum Gasteiger partial charge on any atom is -0.464 e. The van der Waals surface area contributed by atoms with Gasteiger partial charge in [-0.05, 0) is 156 Å². The predicted octanol–water partition coefficient (Wildman–Crippen LogP) is 11.5. The van der Waals surface area contributed by atoms with Gasteiger partial charge in [0.1, 0.15) is 34.4 Å². The first kappa shape index (κ1) is 91.1. The van der Waals surface area contributed by atoms with Crippen molar-refractivity contribution < 1.29 is 66.1 Å². The number of nitrogens with one attached hydrogen (secondary N) is 5. The second-order valence-electron chi connectivity index (χ2n) is 26.1. The van der Waals surface area contributed by atoms with Crippen molar-refractivity contribution >= 4 is 165 Å². The lowest BCUT2D eigenvalue weighted by atomic mass is 9.78.